The number of amides is 1. The van der Waals surface area contributed by atoms with Gasteiger partial charge in [-0.2, -0.15) is 0 Å². The second kappa shape index (κ2) is 6.75. The number of terminal acetylenes is 1. The molecule has 0 atom stereocenters. The summed E-state index contributed by atoms with van der Waals surface area (Å²) in [6, 6.07) is 4.56. The van der Waals surface area contributed by atoms with Crippen LogP contribution in [0.2, 0.25) is 0 Å². The predicted molar refractivity (Wildman–Crippen MR) is 80.3 cm³/mol. The van der Waals surface area contributed by atoms with Crippen LogP contribution in [0.4, 0.5) is 11.4 Å². The zero-order valence-electron chi connectivity index (χ0n) is 11.7. The second-order valence-corrected chi connectivity index (χ2v) is 4.90. The Bertz CT molecular complexity index is 586. The Balaban J connectivity index is 2.28. The molecule has 1 fully saturated rings. The van der Waals surface area contributed by atoms with E-state index in [0.29, 0.717) is 5.69 Å². The fraction of sp³-hybridized carbons (Fsp3) is 0.400. The number of nitrogens with one attached hydrogen (secondary N) is 1. The van der Waals surface area contributed by atoms with E-state index in [-0.39, 0.29) is 17.8 Å². The number of anilines is 1. The van der Waals surface area contributed by atoms with E-state index in [1.54, 1.807) is 12.1 Å². The summed E-state index contributed by atoms with van der Waals surface area (Å²) >= 11 is 0. The van der Waals surface area contributed by atoms with Crippen molar-refractivity contribution < 1.29 is 9.72 Å². The van der Waals surface area contributed by atoms with Gasteiger partial charge in [0.15, 0.2) is 0 Å². The fourth-order valence-corrected chi connectivity index (χ4v) is 2.45. The minimum absolute atomic E-state index is 0.0368. The summed E-state index contributed by atoms with van der Waals surface area (Å²) in [5.74, 6) is 1.89. The maximum absolute atomic E-state index is 11.8. The van der Waals surface area contributed by atoms with Crippen molar-refractivity contribution in [1.29, 1.82) is 0 Å². The van der Waals surface area contributed by atoms with Gasteiger partial charge in [0.1, 0.15) is 5.69 Å². The third-order valence-electron chi connectivity index (χ3n) is 3.48. The molecule has 1 aromatic rings. The summed E-state index contributed by atoms with van der Waals surface area (Å²) in [5.41, 5.74) is 0.788. The van der Waals surface area contributed by atoms with Gasteiger partial charge in [-0.05, 0) is 31.4 Å². The number of carbonyl (C=O) groups excluding carboxylic acids is 1. The molecule has 6 nitrogen and oxygen atoms in total. The molecule has 1 saturated heterocycles. The third kappa shape index (κ3) is 3.51. The summed E-state index contributed by atoms with van der Waals surface area (Å²) in [5, 5.41) is 13.8. The SMILES string of the molecule is C#CCNC(=O)c1ccc(N2CCCCC2)c([N+](=O)[O-])c1. The molecule has 0 spiro atoms. The van der Waals surface area contributed by atoms with Gasteiger partial charge in [0, 0.05) is 24.7 Å². The van der Waals surface area contributed by atoms with Crippen LogP contribution in [-0.4, -0.2) is 30.5 Å². The molecule has 0 aliphatic carbocycles. The lowest BCUT2D eigenvalue weighted by Crippen LogP contribution is -2.30. The topological polar surface area (TPSA) is 75.5 Å². The van der Waals surface area contributed by atoms with Crippen LogP contribution in [0.3, 0.4) is 0 Å². The van der Waals surface area contributed by atoms with Gasteiger partial charge in [0.25, 0.3) is 11.6 Å². The van der Waals surface area contributed by atoms with Crippen LogP contribution >= 0.6 is 0 Å². The third-order valence-corrected chi connectivity index (χ3v) is 3.48. The minimum Gasteiger partial charge on any atom is -0.366 e. The van der Waals surface area contributed by atoms with Crippen LogP contribution in [-0.2, 0) is 0 Å². The van der Waals surface area contributed by atoms with Gasteiger partial charge in [-0.15, -0.1) is 6.42 Å². The average Bonchev–Trinajstić information content (AvgIpc) is 2.52. The molecule has 1 aromatic carbocycles. The zero-order valence-corrected chi connectivity index (χ0v) is 11.7. The van der Waals surface area contributed by atoms with Gasteiger partial charge in [-0.1, -0.05) is 5.92 Å². The lowest BCUT2D eigenvalue weighted by molar-refractivity contribution is -0.384. The number of nitrogens with zero attached hydrogens (tertiary/aromatic N) is 2. The Morgan fingerprint density at radius 3 is 2.71 bits per heavy atom. The highest BCUT2D eigenvalue weighted by molar-refractivity contribution is 5.95. The van der Waals surface area contributed by atoms with E-state index in [4.69, 9.17) is 6.42 Å². The van der Waals surface area contributed by atoms with Crippen LogP contribution < -0.4 is 10.2 Å². The number of nitro benzene ring substituents is 1. The molecule has 0 aromatic heterocycles. The summed E-state index contributed by atoms with van der Waals surface area (Å²) < 4.78 is 0. The summed E-state index contributed by atoms with van der Waals surface area (Å²) in [6.07, 6.45) is 8.28. The van der Waals surface area contributed by atoms with Crippen molar-refractivity contribution in [2.75, 3.05) is 24.5 Å². The Labute approximate surface area is 123 Å². The number of piperidine rings is 1. The first kappa shape index (κ1) is 14.9. The van der Waals surface area contributed by atoms with Crippen LogP contribution in [0.15, 0.2) is 18.2 Å². The molecule has 1 heterocycles. The highest BCUT2D eigenvalue weighted by atomic mass is 16.6. The number of nitro groups is 1. The van der Waals surface area contributed by atoms with Crippen molar-refractivity contribution in [1.82, 2.24) is 5.32 Å². The molecule has 1 aliphatic heterocycles. The van der Waals surface area contributed by atoms with Crippen molar-refractivity contribution in [3.05, 3.63) is 33.9 Å². The minimum atomic E-state index is -0.443. The Hall–Kier alpha value is -2.55. The zero-order chi connectivity index (χ0) is 15.2. The summed E-state index contributed by atoms with van der Waals surface area (Å²) in [4.78, 5) is 24.7. The number of hydrogen-bond donors (Lipinski definition) is 1. The molecule has 6 heteroatoms. The number of rotatable bonds is 4. The first-order valence-electron chi connectivity index (χ1n) is 6.88. The largest absolute Gasteiger partial charge is 0.366 e. The van der Waals surface area contributed by atoms with E-state index in [2.05, 4.69) is 11.2 Å². The van der Waals surface area contributed by atoms with Crippen LogP contribution in [0.1, 0.15) is 29.6 Å². The van der Waals surface area contributed by atoms with Gasteiger partial charge in [0.05, 0.1) is 11.5 Å². The average molecular weight is 287 g/mol. The molecule has 0 radical (unpaired) electrons. The van der Waals surface area contributed by atoms with Crippen molar-refractivity contribution in [2.45, 2.75) is 19.3 Å². The molecular weight excluding hydrogens is 270 g/mol. The van der Waals surface area contributed by atoms with Crippen molar-refractivity contribution >= 4 is 17.3 Å². The molecule has 1 amide bonds. The summed E-state index contributed by atoms with van der Waals surface area (Å²) in [6.45, 7) is 1.72. The standard InChI is InChI=1S/C15H17N3O3/c1-2-8-16-15(19)12-6-7-13(14(11-12)18(20)21)17-9-4-3-5-10-17/h1,6-7,11H,3-5,8-10H2,(H,16,19). The molecule has 21 heavy (non-hydrogen) atoms. The van der Waals surface area contributed by atoms with Crippen LogP contribution in [0.25, 0.3) is 0 Å². The number of benzene rings is 1. The predicted octanol–water partition coefficient (Wildman–Crippen LogP) is 1.95. The smallest absolute Gasteiger partial charge is 0.293 e. The monoisotopic (exact) mass is 287 g/mol. The van der Waals surface area contributed by atoms with Gasteiger partial charge in [-0.3, -0.25) is 14.9 Å². The first-order valence-corrected chi connectivity index (χ1v) is 6.88. The molecular formula is C15H17N3O3. The van der Waals surface area contributed by atoms with E-state index in [1.165, 1.54) is 6.07 Å². The molecule has 1 N–H and O–H groups in total. The van der Waals surface area contributed by atoms with Crippen molar-refractivity contribution in [3.8, 4) is 12.3 Å². The lowest BCUT2D eigenvalue weighted by atomic mass is 10.1. The van der Waals surface area contributed by atoms with Gasteiger partial charge >= 0.3 is 0 Å². The van der Waals surface area contributed by atoms with Gasteiger partial charge in [0.2, 0.25) is 0 Å². The van der Waals surface area contributed by atoms with E-state index in [9.17, 15) is 14.9 Å². The van der Waals surface area contributed by atoms with Crippen LogP contribution in [0.5, 0.6) is 0 Å². The van der Waals surface area contributed by atoms with E-state index >= 15 is 0 Å². The molecule has 1 aliphatic rings. The Kier molecular flexibility index (Phi) is 4.77. The fourth-order valence-electron chi connectivity index (χ4n) is 2.45. The number of carbonyl (C=O) groups is 1. The first-order chi connectivity index (χ1) is 10.1. The molecule has 0 saturated carbocycles. The Morgan fingerprint density at radius 1 is 1.38 bits per heavy atom. The quantitative estimate of drug-likeness (QED) is 0.522. The molecule has 110 valence electrons. The highest BCUT2D eigenvalue weighted by Gasteiger charge is 2.22. The lowest BCUT2D eigenvalue weighted by Gasteiger charge is -2.28. The normalized spacial score (nSPS) is 14.3. The van der Waals surface area contributed by atoms with E-state index in [1.807, 2.05) is 4.90 Å². The van der Waals surface area contributed by atoms with E-state index in [0.717, 1.165) is 32.4 Å². The summed E-state index contributed by atoms with van der Waals surface area (Å²) in [7, 11) is 0. The Morgan fingerprint density at radius 2 is 2.10 bits per heavy atom. The van der Waals surface area contributed by atoms with Crippen molar-refractivity contribution in [2.24, 2.45) is 0 Å². The maximum atomic E-state index is 11.8. The van der Waals surface area contributed by atoms with Gasteiger partial charge < -0.3 is 10.2 Å². The highest BCUT2D eigenvalue weighted by Crippen LogP contribution is 2.31. The molecule has 0 bridgehead atoms. The van der Waals surface area contributed by atoms with Crippen LogP contribution in [0, 0.1) is 22.5 Å². The van der Waals surface area contributed by atoms with Gasteiger partial charge in [-0.25, -0.2) is 0 Å². The maximum Gasteiger partial charge on any atom is 0.293 e. The number of hydrogen-bond acceptors (Lipinski definition) is 4. The van der Waals surface area contributed by atoms with Crippen molar-refractivity contribution in [3.63, 3.8) is 0 Å². The molecule has 2 rings (SSSR count). The molecule has 0 unspecified atom stereocenters. The second-order valence-electron chi connectivity index (χ2n) is 4.90. The van der Waals surface area contributed by atoms with E-state index < -0.39 is 10.8 Å².